The summed E-state index contributed by atoms with van der Waals surface area (Å²) in [5.41, 5.74) is 3.67. The minimum atomic E-state index is -0.0851. The number of hydrazine groups is 1. The third kappa shape index (κ3) is 2.61. The van der Waals surface area contributed by atoms with Crippen LogP contribution in [-0.2, 0) is 6.54 Å². The second kappa shape index (κ2) is 4.11. The standard InChI is InChI=1S/C9H14N2O2/c1-11(2)10-6-7-4-3-5-8(12)9(7)13/h3-5,10,12-13H,6H2,1-2H3. The number of aromatic hydroxyl groups is 2. The normalized spacial score (nSPS) is 10.7. The van der Waals surface area contributed by atoms with Crippen molar-refractivity contribution in [2.75, 3.05) is 14.1 Å². The first-order valence-corrected chi connectivity index (χ1v) is 4.02. The molecular formula is C9H14N2O2. The zero-order valence-corrected chi connectivity index (χ0v) is 7.78. The summed E-state index contributed by atoms with van der Waals surface area (Å²) in [7, 11) is 3.72. The average molecular weight is 182 g/mol. The lowest BCUT2D eigenvalue weighted by Crippen LogP contribution is -2.29. The maximum absolute atomic E-state index is 9.40. The molecule has 4 nitrogen and oxygen atoms in total. The Kier molecular flexibility index (Phi) is 3.11. The Labute approximate surface area is 77.4 Å². The summed E-state index contributed by atoms with van der Waals surface area (Å²) in [6.45, 7) is 0.493. The van der Waals surface area contributed by atoms with Crippen LogP contribution >= 0.6 is 0 Å². The summed E-state index contributed by atoms with van der Waals surface area (Å²) in [5.74, 6) is -0.144. The van der Waals surface area contributed by atoms with Crippen molar-refractivity contribution in [3.63, 3.8) is 0 Å². The Balaban J connectivity index is 2.71. The van der Waals surface area contributed by atoms with E-state index in [1.165, 1.54) is 6.07 Å². The lowest BCUT2D eigenvalue weighted by molar-refractivity contribution is 0.282. The molecule has 3 N–H and O–H groups in total. The predicted molar refractivity (Wildman–Crippen MR) is 50.3 cm³/mol. The van der Waals surface area contributed by atoms with Crippen LogP contribution in [0.1, 0.15) is 5.56 Å². The summed E-state index contributed by atoms with van der Waals surface area (Å²) < 4.78 is 0. The summed E-state index contributed by atoms with van der Waals surface area (Å²) in [5, 5.41) is 20.4. The number of hydrogen-bond acceptors (Lipinski definition) is 4. The zero-order chi connectivity index (χ0) is 9.84. The topological polar surface area (TPSA) is 55.7 Å². The molecule has 0 aliphatic carbocycles. The van der Waals surface area contributed by atoms with E-state index in [1.807, 2.05) is 14.1 Å². The fourth-order valence-electron chi connectivity index (χ4n) is 0.964. The molecule has 0 saturated heterocycles. The number of hydrogen-bond donors (Lipinski definition) is 3. The SMILES string of the molecule is CN(C)NCc1cccc(O)c1O. The van der Waals surface area contributed by atoms with Gasteiger partial charge in [-0.3, -0.25) is 10.4 Å². The molecule has 0 aromatic heterocycles. The maximum atomic E-state index is 9.40. The second-order valence-electron chi connectivity index (χ2n) is 3.01. The first-order chi connectivity index (χ1) is 6.11. The van der Waals surface area contributed by atoms with Crippen LogP contribution in [0.15, 0.2) is 18.2 Å². The van der Waals surface area contributed by atoms with Crippen molar-refractivity contribution in [1.29, 1.82) is 0 Å². The summed E-state index contributed by atoms with van der Waals surface area (Å²) in [6, 6.07) is 4.90. The van der Waals surface area contributed by atoms with Crippen LogP contribution in [0.25, 0.3) is 0 Å². The predicted octanol–water partition coefficient (Wildman–Crippen LogP) is 0.664. The monoisotopic (exact) mass is 182 g/mol. The van der Waals surface area contributed by atoms with Gasteiger partial charge in [-0.2, -0.15) is 0 Å². The van der Waals surface area contributed by atoms with E-state index < -0.39 is 0 Å². The largest absolute Gasteiger partial charge is 0.504 e. The van der Waals surface area contributed by atoms with Gasteiger partial charge in [0.15, 0.2) is 11.5 Å². The van der Waals surface area contributed by atoms with E-state index in [2.05, 4.69) is 5.43 Å². The van der Waals surface area contributed by atoms with Crippen LogP contribution in [0.5, 0.6) is 11.5 Å². The molecule has 0 saturated carbocycles. The molecule has 4 heteroatoms. The summed E-state index contributed by atoms with van der Waals surface area (Å²) >= 11 is 0. The molecule has 0 aliphatic heterocycles. The fourth-order valence-corrected chi connectivity index (χ4v) is 0.964. The maximum Gasteiger partial charge on any atom is 0.162 e. The minimum absolute atomic E-state index is 0.0585. The van der Waals surface area contributed by atoms with Gasteiger partial charge in [-0.15, -0.1) is 0 Å². The fraction of sp³-hybridized carbons (Fsp3) is 0.333. The van der Waals surface area contributed by atoms with Gasteiger partial charge in [0.25, 0.3) is 0 Å². The van der Waals surface area contributed by atoms with Crippen LogP contribution in [0.2, 0.25) is 0 Å². The molecule has 0 spiro atoms. The number of rotatable bonds is 3. The van der Waals surface area contributed by atoms with E-state index >= 15 is 0 Å². The van der Waals surface area contributed by atoms with E-state index in [0.29, 0.717) is 12.1 Å². The van der Waals surface area contributed by atoms with Gasteiger partial charge >= 0.3 is 0 Å². The molecule has 0 unspecified atom stereocenters. The summed E-state index contributed by atoms with van der Waals surface area (Å²) in [4.78, 5) is 0. The van der Waals surface area contributed by atoms with Gasteiger partial charge in [-0.25, -0.2) is 0 Å². The Bertz CT molecular complexity index is 287. The number of nitrogens with zero attached hydrogens (tertiary/aromatic N) is 1. The Morgan fingerprint density at radius 3 is 2.62 bits per heavy atom. The Hall–Kier alpha value is -1.26. The molecule has 0 radical (unpaired) electrons. The van der Waals surface area contributed by atoms with E-state index in [4.69, 9.17) is 0 Å². The number of phenols is 2. The van der Waals surface area contributed by atoms with Gasteiger partial charge < -0.3 is 10.2 Å². The lowest BCUT2D eigenvalue weighted by atomic mass is 10.2. The average Bonchev–Trinajstić information content (AvgIpc) is 2.07. The van der Waals surface area contributed by atoms with E-state index in [1.54, 1.807) is 17.1 Å². The van der Waals surface area contributed by atoms with Crippen molar-refractivity contribution in [2.45, 2.75) is 6.54 Å². The van der Waals surface area contributed by atoms with E-state index in [-0.39, 0.29) is 11.5 Å². The number of benzene rings is 1. The molecule has 1 rings (SSSR count). The van der Waals surface area contributed by atoms with Crippen LogP contribution in [0.4, 0.5) is 0 Å². The van der Waals surface area contributed by atoms with Crippen molar-refractivity contribution in [3.8, 4) is 11.5 Å². The van der Waals surface area contributed by atoms with Gasteiger partial charge in [0, 0.05) is 26.2 Å². The van der Waals surface area contributed by atoms with Gasteiger partial charge in [-0.1, -0.05) is 12.1 Å². The molecule has 72 valence electrons. The molecule has 0 bridgehead atoms. The molecule has 0 fully saturated rings. The van der Waals surface area contributed by atoms with Crippen LogP contribution in [0, 0.1) is 0 Å². The first kappa shape index (κ1) is 9.83. The van der Waals surface area contributed by atoms with Crippen molar-refractivity contribution < 1.29 is 10.2 Å². The quantitative estimate of drug-likeness (QED) is 0.475. The van der Waals surface area contributed by atoms with E-state index in [0.717, 1.165) is 0 Å². The summed E-state index contributed by atoms with van der Waals surface area (Å²) in [6.07, 6.45) is 0. The van der Waals surface area contributed by atoms with Gasteiger partial charge in [-0.05, 0) is 6.07 Å². The number of nitrogens with one attached hydrogen (secondary N) is 1. The molecular weight excluding hydrogens is 168 g/mol. The number of phenolic OH excluding ortho intramolecular Hbond substituents is 2. The van der Waals surface area contributed by atoms with Crippen LogP contribution in [-0.4, -0.2) is 29.3 Å². The van der Waals surface area contributed by atoms with Crippen molar-refractivity contribution >= 4 is 0 Å². The number of para-hydroxylation sites is 1. The molecule has 13 heavy (non-hydrogen) atoms. The zero-order valence-electron chi connectivity index (χ0n) is 7.78. The minimum Gasteiger partial charge on any atom is -0.504 e. The van der Waals surface area contributed by atoms with Gasteiger partial charge in [0.05, 0.1) is 0 Å². The molecule has 1 aromatic carbocycles. The Morgan fingerprint density at radius 2 is 2.00 bits per heavy atom. The van der Waals surface area contributed by atoms with Crippen molar-refractivity contribution in [3.05, 3.63) is 23.8 Å². The highest BCUT2D eigenvalue weighted by Crippen LogP contribution is 2.27. The van der Waals surface area contributed by atoms with E-state index in [9.17, 15) is 10.2 Å². The first-order valence-electron chi connectivity index (χ1n) is 4.02. The second-order valence-corrected chi connectivity index (χ2v) is 3.01. The third-order valence-corrected chi connectivity index (χ3v) is 1.68. The highest BCUT2D eigenvalue weighted by atomic mass is 16.3. The molecule has 1 aromatic rings. The molecule has 0 amide bonds. The smallest absolute Gasteiger partial charge is 0.162 e. The van der Waals surface area contributed by atoms with Gasteiger partial charge in [0.1, 0.15) is 0 Å². The van der Waals surface area contributed by atoms with Crippen molar-refractivity contribution in [1.82, 2.24) is 10.4 Å². The Morgan fingerprint density at radius 1 is 1.31 bits per heavy atom. The van der Waals surface area contributed by atoms with Crippen LogP contribution < -0.4 is 5.43 Å². The molecule has 0 aliphatic rings. The molecule has 0 heterocycles. The highest BCUT2D eigenvalue weighted by Gasteiger charge is 2.04. The highest BCUT2D eigenvalue weighted by molar-refractivity contribution is 5.44. The van der Waals surface area contributed by atoms with Crippen molar-refractivity contribution in [2.24, 2.45) is 0 Å². The third-order valence-electron chi connectivity index (χ3n) is 1.68. The molecule has 0 atom stereocenters. The van der Waals surface area contributed by atoms with Gasteiger partial charge in [0.2, 0.25) is 0 Å². The lowest BCUT2D eigenvalue weighted by Gasteiger charge is -2.12. The van der Waals surface area contributed by atoms with Crippen LogP contribution in [0.3, 0.4) is 0 Å².